The average Bonchev–Trinajstić information content (AvgIpc) is 3.31. The van der Waals surface area contributed by atoms with E-state index >= 15 is 0 Å². The van der Waals surface area contributed by atoms with Gasteiger partial charge in [-0.3, -0.25) is 4.79 Å². The second-order valence-electron chi connectivity index (χ2n) is 6.33. The SMILES string of the molecule is COc1ccc(C)cc1NC(C)c1nc2scc(-c3cccs3)c2c(=O)[nH]1. The first-order valence-electron chi connectivity index (χ1n) is 8.53. The van der Waals surface area contributed by atoms with E-state index in [-0.39, 0.29) is 11.6 Å². The number of rotatable bonds is 5. The summed E-state index contributed by atoms with van der Waals surface area (Å²) in [6.45, 7) is 4.00. The summed E-state index contributed by atoms with van der Waals surface area (Å²) in [6.07, 6.45) is 0. The number of aryl methyl sites for hydroxylation is 1. The van der Waals surface area contributed by atoms with Gasteiger partial charge >= 0.3 is 0 Å². The van der Waals surface area contributed by atoms with E-state index in [4.69, 9.17) is 9.72 Å². The first-order chi connectivity index (χ1) is 13.1. The highest BCUT2D eigenvalue weighted by atomic mass is 32.1. The van der Waals surface area contributed by atoms with Crippen LogP contribution in [0.3, 0.4) is 0 Å². The van der Waals surface area contributed by atoms with Crippen molar-refractivity contribution in [2.45, 2.75) is 19.9 Å². The lowest BCUT2D eigenvalue weighted by atomic mass is 10.2. The van der Waals surface area contributed by atoms with Crippen molar-refractivity contribution >= 4 is 38.6 Å². The van der Waals surface area contributed by atoms with Crippen LogP contribution >= 0.6 is 22.7 Å². The number of methoxy groups -OCH3 is 1. The number of fused-ring (bicyclic) bond motifs is 1. The summed E-state index contributed by atoms with van der Waals surface area (Å²) in [5.41, 5.74) is 2.84. The highest BCUT2D eigenvalue weighted by Crippen LogP contribution is 2.34. The summed E-state index contributed by atoms with van der Waals surface area (Å²) >= 11 is 3.12. The van der Waals surface area contributed by atoms with Gasteiger partial charge in [0.05, 0.1) is 24.2 Å². The minimum Gasteiger partial charge on any atom is -0.495 e. The van der Waals surface area contributed by atoms with Crippen LogP contribution in [0.15, 0.2) is 45.9 Å². The predicted octanol–water partition coefficient (Wildman–Crippen LogP) is 5.20. The van der Waals surface area contributed by atoms with Gasteiger partial charge < -0.3 is 15.0 Å². The molecule has 0 fully saturated rings. The smallest absolute Gasteiger partial charge is 0.260 e. The molecule has 4 rings (SSSR count). The standard InChI is InChI=1S/C20H19N3O2S2/c1-11-6-7-15(25-3)14(9-11)21-12(2)18-22-19(24)17-13(10-27-20(17)23-18)16-5-4-8-26-16/h4-10,12,21H,1-3H3,(H,22,23,24). The van der Waals surface area contributed by atoms with Crippen molar-refractivity contribution in [3.05, 3.63) is 62.8 Å². The first-order valence-corrected chi connectivity index (χ1v) is 10.3. The molecule has 0 aliphatic carbocycles. The molecular weight excluding hydrogens is 378 g/mol. The van der Waals surface area contributed by atoms with Gasteiger partial charge in [-0.2, -0.15) is 0 Å². The monoisotopic (exact) mass is 397 g/mol. The molecule has 0 spiro atoms. The fraction of sp³-hybridized carbons (Fsp3) is 0.200. The van der Waals surface area contributed by atoms with Gasteiger partial charge in [-0.15, -0.1) is 22.7 Å². The van der Waals surface area contributed by atoms with E-state index in [0.29, 0.717) is 11.2 Å². The zero-order valence-corrected chi connectivity index (χ0v) is 16.8. The molecule has 0 saturated carbocycles. The minimum atomic E-state index is -0.176. The predicted molar refractivity (Wildman–Crippen MR) is 113 cm³/mol. The molecule has 1 unspecified atom stereocenters. The van der Waals surface area contributed by atoms with Crippen molar-refractivity contribution < 1.29 is 4.74 Å². The van der Waals surface area contributed by atoms with Crippen LogP contribution in [0.5, 0.6) is 5.75 Å². The number of nitrogens with zero attached hydrogens (tertiary/aromatic N) is 1. The summed E-state index contributed by atoms with van der Waals surface area (Å²) < 4.78 is 5.42. The largest absolute Gasteiger partial charge is 0.495 e. The van der Waals surface area contributed by atoms with Crippen LogP contribution in [0.2, 0.25) is 0 Å². The minimum absolute atomic E-state index is 0.107. The fourth-order valence-corrected chi connectivity index (χ4v) is 4.79. The Balaban J connectivity index is 1.70. The molecule has 4 aromatic rings. The topological polar surface area (TPSA) is 67.0 Å². The highest BCUT2D eigenvalue weighted by molar-refractivity contribution is 7.18. The molecule has 0 aliphatic heterocycles. The molecule has 138 valence electrons. The van der Waals surface area contributed by atoms with Crippen LogP contribution in [0.25, 0.3) is 20.7 Å². The molecule has 0 aliphatic rings. The van der Waals surface area contributed by atoms with Crippen LogP contribution in [0.1, 0.15) is 24.4 Å². The van der Waals surface area contributed by atoms with Gasteiger partial charge in [0.1, 0.15) is 16.4 Å². The Morgan fingerprint density at radius 2 is 2.11 bits per heavy atom. The number of hydrogen-bond donors (Lipinski definition) is 2. The fourth-order valence-electron chi connectivity index (χ4n) is 3.02. The van der Waals surface area contributed by atoms with Gasteiger partial charge in [-0.1, -0.05) is 12.1 Å². The molecule has 0 amide bonds. The lowest BCUT2D eigenvalue weighted by Gasteiger charge is -2.17. The van der Waals surface area contributed by atoms with E-state index in [1.165, 1.54) is 11.3 Å². The molecule has 3 heterocycles. The van der Waals surface area contributed by atoms with Crippen molar-refractivity contribution in [2.24, 2.45) is 0 Å². The number of benzene rings is 1. The zero-order valence-electron chi connectivity index (χ0n) is 15.2. The third kappa shape index (κ3) is 3.36. The Morgan fingerprint density at radius 3 is 2.85 bits per heavy atom. The Morgan fingerprint density at radius 1 is 1.26 bits per heavy atom. The molecule has 0 radical (unpaired) electrons. The van der Waals surface area contributed by atoms with Crippen molar-refractivity contribution in [3.8, 4) is 16.2 Å². The third-order valence-corrected chi connectivity index (χ3v) is 6.16. The van der Waals surface area contributed by atoms with Crippen molar-refractivity contribution in [1.82, 2.24) is 9.97 Å². The molecule has 0 saturated heterocycles. The van der Waals surface area contributed by atoms with E-state index in [2.05, 4.69) is 10.3 Å². The number of nitrogens with one attached hydrogen (secondary N) is 2. The maximum Gasteiger partial charge on any atom is 0.260 e. The summed E-state index contributed by atoms with van der Waals surface area (Å²) in [5.74, 6) is 1.36. The molecule has 7 heteroatoms. The van der Waals surface area contributed by atoms with Gasteiger partial charge in [0.25, 0.3) is 5.56 Å². The van der Waals surface area contributed by atoms with Crippen LogP contribution in [-0.2, 0) is 0 Å². The number of H-pyrrole nitrogens is 1. The zero-order chi connectivity index (χ0) is 19.0. The number of aromatic nitrogens is 2. The van der Waals surface area contributed by atoms with Crippen molar-refractivity contribution in [3.63, 3.8) is 0 Å². The van der Waals surface area contributed by atoms with Gasteiger partial charge in [0, 0.05) is 15.8 Å². The normalized spacial score (nSPS) is 12.3. The van der Waals surface area contributed by atoms with Gasteiger partial charge in [-0.25, -0.2) is 4.98 Å². The second kappa shape index (κ2) is 7.17. The maximum absolute atomic E-state index is 12.8. The molecule has 3 aromatic heterocycles. The quantitative estimate of drug-likeness (QED) is 0.485. The summed E-state index contributed by atoms with van der Waals surface area (Å²) in [4.78, 5) is 22.3. The molecular formula is C20H19N3O2S2. The maximum atomic E-state index is 12.8. The molecule has 1 aromatic carbocycles. The van der Waals surface area contributed by atoms with Gasteiger partial charge in [0.2, 0.25) is 0 Å². The summed E-state index contributed by atoms with van der Waals surface area (Å²) in [7, 11) is 1.64. The Kier molecular flexibility index (Phi) is 4.72. The summed E-state index contributed by atoms with van der Waals surface area (Å²) in [5, 5.41) is 8.07. The van der Waals surface area contributed by atoms with Crippen LogP contribution in [0.4, 0.5) is 5.69 Å². The van der Waals surface area contributed by atoms with Gasteiger partial charge in [-0.05, 0) is 43.0 Å². The molecule has 27 heavy (non-hydrogen) atoms. The van der Waals surface area contributed by atoms with E-state index < -0.39 is 0 Å². The Labute approximate surface area is 164 Å². The van der Waals surface area contributed by atoms with Crippen LogP contribution in [-0.4, -0.2) is 17.1 Å². The highest BCUT2D eigenvalue weighted by Gasteiger charge is 2.17. The molecule has 0 bridgehead atoms. The number of aromatic amines is 1. The number of anilines is 1. The number of ether oxygens (including phenoxy) is 1. The lowest BCUT2D eigenvalue weighted by Crippen LogP contribution is -2.17. The van der Waals surface area contributed by atoms with Crippen LogP contribution in [0, 0.1) is 6.92 Å². The third-order valence-electron chi connectivity index (χ3n) is 4.39. The average molecular weight is 398 g/mol. The summed E-state index contributed by atoms with van der Waals surface area (Å²) in [6, 6.07) is 9.78. The Hall–Kier alpha value is -2.64. The lowest BCUT2D eigenvalue weighted by molar-refractivity contribution is 0.416. The van der Waals surface area contributed by atoms with Crippen LogP contribution < -0.4 is 15.6 Å². The van der Waals surface area contributed by atoms with Crippen molar-refractivity contribution in [1.29, 1.82) is 0 Å². The van der Waals surface area contributed by atoms with E-state index in [1.54, 1.807) is 18.4 Å². The van der Waals surface area contributed by atoms with Crippen molar-refractivity contribution in [2.75, 3.05) is 12.4 Å². The molecule has 2 N–H and O–H groups in total. The first kappa shape index (κ1) is 17.8. The Bertz CT molecular complexity index is 1150. The molecule has 5 nitrogen and oxygen atoms in total. The molecule has 1 atom stereocenters. The van der Waals surface area contributed by atoms with E-state index in [1.807, 2.05) is 54.9 Å². The van der Waals surface area contributed by atoms with E-state index in [0.717, 1.165) is 32.3 Å². The second-order valence-corrected chi connectivity index (χ2v) is 8.13. The number of hydrogen-bond acceptors (Lipinski definition) is 6. The number of thiophene rings is 2. The van der Waals surface area contributed by atoms with Gasteiger partial charge in [0.15, 0.2) is 0 Å². The van der Waals surface area contributed by atoms with E-state index in [9.17, 15) is 4.79 Å².